The lowest BCUT2D eigenvalue weighted by atomic mass is 9.78. The molecule has 0 radical (unpaired) electrons. The van der Waals surface area contributed by atoms with Crippen LogP contribution in [-0.4, -0.2) is 121 Å². The lowest BCUT2D eigenvalue weighted by molar-refractivity contribution is 0.0984. The third-order valence-electron chi connectivity index (χ3n) is 23.3. The minimum absolute atomic E-state index is 0.0160. The largest absolute Gasteiger partial charge is 0.398 e. The molecule has 622 valence electrons. The van der Waals surface area contributed by atoms with Crippen LogP contribution >= 0.6 is 0 Å². The first-order chi connectivity index (χ1) is 59.3. The zero-order valence-electron chi connectivity index (χ0n) is 70.2. The number of carbonyl (C=O) groups is 4. The highest BCUT2D eigenvalue weighted by molar-refractivity contribution is 6.00. The van der Waals surface area contributed by atoms with Gasteiger partial charge in [0.05, 0.1) is 22.3 Å². The van der Waals surface area contributed by atoms with Crippen molar-refractivity contribution in [2.45, 2.75) is 110 Å². The van der Waals surface area contributed by atoms with Crippen molar-refractivity contribution in [3.8, 4) is 44.5 Å². The number of anilines is 5. The highest BCUT2D eigenvalue weighted by Gasteiger charge is 2.29. The third kappa shape index (κ3) is 24.5. The summed E-state index contributed by atoms with van der Waals surface area (Å²) in [5, 5.41) is 10.00. The fourth-order valence-electron chi connectivity index (χ4n) is 15.7. The number of hydrogen-bond acceptors (Lipinski definition) is 20. The number of ketones is 4. The Morgan fingerprint density at radius 2 is 0.770 bits per heavy atom. The summed E-state index contributed by atoms with van der Waals surface area (Å²) in [5.74, 6) is 4.56. The lowest BCUT2D eigenvalue weighted by Crippen LogP contribution is -2.36. The second-order valence-corrected chi connectivity index (χ2v) is 32.7. The van der Waals surface area contributed by atoms with Gasteiger partial charge in [0.2, 0.25) is 0 Å². The van der Waals surface area contributed by atoms with Crippen molar-refractivity contribution in [2.24, 2.45) is 17.3 Å². The van der Waals surface area contributed by atoms with Gasteiger partial charge >= 0.3 is 0 Å². The monoisotopic (exact) mass is 1620 g/mol. The number of nitrogens with one attached hydrogen (secondary N) is 3. The average molecular weight is 1620 g/mol. The molecular weight excluding hydrogens is 1510 g/mol. The highest BCUT2D eigenvalue weighted by atomic mass is 16.1. The molecule has 13 aromatic rings. The van der Waals surface area contributed by atoms with Gasteiger partial charge < -0.3 is 43.8 Å². The SMILES string of the molecule is CC1(Cc2ncc(C(=O)Cc3cc(-c4ccccc4)ccc3N)cn2)CCNCC1.CN1CCC(Cc2ncc(C(=O)Cc3cc(-c4ccccc4)ccc3N)cn2)CC1.CNCCC(C)Cc1ncc(C(=O)Cc2cc(-c3ccccc3)ccc2N)cn1.Nc1ccc(-c2ccccc2)cc1CC(=O)c1cnc(CC2CCNc3ccccc32)nc1. The molecule has 3 aliphatic rings. The predicted molar refractivity (Wildman–Crippen MR) is 491 cm³/mol. The molecule has 0 aliphatic carbocycles. The number of nitrogen functional groups attached to an aromatic ring is 4. The summed E-state index contributed by atoms with van der Waals surface area (Å²) in [7, 11) is 4.11. The van der Waals surface area contributed by atoms with Gasteiger partial charge in [0, 0.05) is 136 Å². The van der Waals surface area contributed by atoms with Gasteiger partial charge in [-0.05, 0) is 235 Å². The number of carbonyl (C=O) groups excluding carboxylic acids is 4. The highest BCUT2D eigenvalue weighted by Crippen LogP contribution is 2.36. The van der Waals surface area contributed by atoms with Crippen LogP contribution in [0.3, 0.4) is 0 Å². The summed E-state index contributed by atoms with van der Waals surface area (Å²) in [6, 6.07) is 72.1. The van der Waals surface area contributed by atoms with Crippen molar-refractivity contribution in [1.29, 1.82) is 0 Å². The Labute approximate surface area is 716 Å². The van der Waals surface area contributed by atoms with Gasteiger partial charge in [-0.15, -0.1) is 0 Å². The van der Waals surface area contributed by atoms with E-state index in [9.17, 15) is 19.2 Å². The predicted octanol–water partition coefficient (Wildman–Crippen LogP) is 17.4. The summed E-state index contributed by atoms with van der Waals surface area (Å²) < 4.78 is 0. The number of fused-ring (bicyclic) bond motifs is 1. The normalized spacial score (nSPS) is 14.4. The zero-order valence-corrected chi connectivity index (χ0v) is 70.2. The summed E-state index contributed by atoms with van der Waals surface area (Å²) in [6.07, 6.45) is 24.1. The molecule has 3 aliphatic heterocycles. The van der Waals surface area contributed by atoms with E-state index in [2.05, 4.69) is 99.8 Å². The fraction of sp³-hybridized carbons (Fsp3) is 0.275. The number of aromatic nitrogens is 8. The van der Waals surface area contributed by atoms with Crippen LogP contribution in [0.2, 0.25) is 0 Å². The number of piperidine rings is 2. The van der Waals surface area contributed by atoms with E-state index >= 15 is 0 Å². The van der Waals surface area contributed by atoms with Crippen LogP contribution in [0.1, 0.15) is 151 Å². The third-order valence-corrected chi connectivity index (χ3v) is 23.3. The van der Waals surface area contributed by atoms with Gasteiger partial charge in [0.15, 0.2) is 23.1 Å². The second-order valence-electron chi connectivity index (χ2n) is 32.7. The molecule has 2 unspecified atom stereocenters. The van der Waals surface area contributed by atoms with Gasteiger partial charge in [-0.25, -0.2) is 39.9 Å². The Balaban J connectivity index is 0.000000140. The quantitative estimate of drug-likeness (QED) is 0.0186. The molecular formula is C102H110N16O4. The zero-order chi connectivity index (χ0) is 85.2. The molecule has 20 nitrogen and oxygen atoms in total. The maximum Gasteiger partial charge on any atom is 0.170 e. The minimum Gasteiger partial charge on any atom is -0.398 e. The number of nitrogens with two attached hydrogens (primary N) is 4. The molecule has 0 saturated carbocycles. The number of para-hydroxylation sites is 1. The van der Waals surface area contributed by atoms with E-state index in [4.69, 9.17) is 22.9 Å². The topological polar surface area (TPSA) is 315 Å². The number of Topliss-reactive ketones (excluding diaryl/α,β-unsaturated/α-hetero) is 4. The van der Waals surface area contributed by atoms with Crippen LogP contribution in [-0.2, 0) is 51.4 Å². The Hall–Kier alpha value is -13.1. The van der Waals surface area contributed by atoms with Gasteiger partial charge in [-0.3, -0.25) is 19.2 Å². The lowest BCUT2D eigenvalue weighted by Gasteiger charge is -2.33. The molecule has 4 aromatic heterocycles. The van der Waals surface area contributed by atoms with Crippen LogP contribution in [0.5, 0.6) is 0 Å². The molecule has 11 N–H and O–H groups in total. The van der Waals surface area contributed by atoms with Crippen LogP contribution in [0.4, 0.5) is 28.4 Å². The van der Waals surface area contributed by atoms with Gasteiger partial charge in [0.25, 0.3) is 0 Å². The van der Waals surface area contributed by atoms with Crippen LogP contribution in [0, 0.1) is 17.3 Å². The standard InChI is InChI=1S/C28H26N4O.2C25H28N4O.C24H28N4O/c29-25-11-10-20(19-6-2-1-3-7-19)14-22(25)15-27(33)23-17-31-28(32-18-23)16-21-12-13-30-26-9-5-4-8-24(21)26;1-29-11-9-18(10-12-29)13-25-27-16-22(17-28-25)24(30)15-21-14-20(7-8-23(21)26)19-5-3-2-4-6-19;1-25(9-11-27-12-10-25)15-24-28-16-21(17-29-24)23(30)14-20-13-19(7-8-22(20)26)18-5-3-2-4-6-18;1-17(10-11-26-2)12-24-27-15-21(16-28-24)23(29)14-20-13-19(8-9-22(20)25)18-6-4-3-5-7-18/h1-11,14,17-18,21,30H,12-13,15-16,29H2;2-8,14,16-18H,9-13,15,26H2,1H3;2-8,13,16-17,27H,9-12,14-15,26H2,1H3;3-9,13,15-17,26H,10-12,14,25H2,1-2H3. The fourth-order valence-corrected chi connectivity index (χ4v) is 15.7. The van der Waals surface area contributed by atoms with Crippen LogP contribution in [0.15, 0.2) is 268 Å². The Morgan fingerprint density at radius 1 is 0.426 bits per heavy atom. The van der Waals surface area contributed by atoms with E-state index in [1.807, 2.05) is 207 Å². The molecule has 9 aromatic carbocycles. The number of nitrogens with zero attached hydrogens (tertiary/aromatic N) is 9. The van der Waals surface area contributed by atoms with Crippen LogP contribution in [0.25, 0.3) is 44.5 Å². The molecule has 0 spiro atoms. The maximum atomic E-state index is 12.9. The van der Waals surface area contributed by atoms with E-state index in [0.29, 0.717) is 62.8 Å². The molecule has 2 atom stereocenters. The molecule has 0 bridgehead atoms. The Kier molecular flexibility index (Phi) is 30.3. The van der Waals surface area contributed by atoms with E-state index in [1.165, 1.54) is 24.1 Å². The summed E-state index contributed by atoms with van der Waals surface area (Å²) >= 11 is 0. The number of benzene rings is 9. The number of rotatable bonds is 27. The molecule has 20 heteroatoms. The maximum absolute atomic E-state index is 12.9. The summed E-state index contributed by atoms with van der Waals surface area (Å²) in [5.41, 5.74) is 43.8. The minimum atomic E-state index is -0.0364. The van der Waals surface area contributed by atoms with Crippen molar-refractivity contribution in [3.63, 3.8) is 0 Å². The van der Waals surface area contributed by atoms with E-state index < -0.39 is 0 Å². The van der Waals surface area contributed by atoms with Gasteiger partial charge in [-0.1, -0.05) is 178 Å². The Bertz CT molecular complexity index is 5600. The molecule has 16 rings (SSSR count). The first-order valence-electron chi connectivity index (χ1n) is 42.3. The number of likely N-dealkylation sites (tertiary alicyclic amines) is 1. The Morgan fingerprint density at radius 3 is 1.15 bits per heavy atom. The molecule has 122 heavy (non-hydrogen) atoms. The summed E-state index contributed by atoms with van der Waals surface area (Å²) in [4.78, 5) is 89.4. The first kappa shape index (κ1) is 86.7. The van der Waals surface area contributed by atoms with Crippen molar-refractivity contribution < 1.29 is 19.2 Å². The molecule has 7 heterocycles. The molecule has 2 fully saturated rings. The van der Waals surface area contributed by atoms with E-state index in [1.54, 1.807) is 49.6 Å². The van der Waals surface area contributed by atoms with Crippen LogP contribution < -0.4 is 38.9 Å². The first-order valence-corrected chi connectivity index (χ1v) is 42.3. The smallest absolute Gasteiger partial charge is 0.170 e. The van der Waals surface area contributed by atoms with Gasteiger partial charge in [-0.2, -0.15) is 0 Å². The van der Waals surface area contributed by atoms with Crippen molar-refractivity contribution >= 4 is 51.6 Å². The van der Waals surface area contributed by atoms with Crippen molar-refractivity contribution in [1.82, 2.24) is 55.4 Å². The number of hydrogen-bond donors (Lipinski definition) is 7. The second kappa shape index (κ2) is 42.7. The van der Waals surface area contributed by atoms with Crippen molar-refractivity contribution in [3.05, 3.63) is 341 Å². The van der Waals surface area contributed by atoms with Gasteiger partial charge in [0.1, 0.15) is 23.3 Å². The van der Waals surface area contributed by atoms with E-state index in [0.717, 1.165) is 181 Å². The summed E-state index contributed by atoms with van der Waals surface area (Å²) in [6.45, 7) is 10.7. The molecule has 0 amide bonds. The van der Waals surface area contributed by atoms with E-state index in [-0.39, 0.29) is 54.2 Å². The average Bonchev–Trinajstić information content (AvgIpc) is 0.823. The molecule has 2 saturated heterocycles. The van der Waals surface area contributed by atoms with Crippen molar-refractivity contribution in [2.75, 3.05) is 81.6 Å².